The van der Waals surface area contributed by atoms with Gasteiger partial charge < -0.3 is 4.42 Å². The number of non-ortho nitro benzene ring substituents is 2. The SMILES string of the molecule is O=c1c2cc([N+](=O)[O-])ccc2ncn1CCCn1c(=O)oc2ccc([N+](=O)[O-])cc21. The molecule has 4 rings (SSSR count). The van der Waals surface area contributed by atoms with Gasteiger partial charge in [0.2, 0.25) is 0 Å². The largest absolute Gasteiger partial charge is 0.419 e. The maximum absolute atomic E-state index is 12.6. The van der Waals surface area contributed by atoms with Gasteiger partial charge in [-0.2, -0.15) is 0 Å². The summed E-state index contributed by atoms with van der Waals surface area (Å²) in [5.41, 5.74) is 0.0250. The highest BCUT2D eigenvalue weighted by molar-refractivity contribution is 5.79. The number of nitro groups is 2. The van der Waals surface area contributed by atoms with Crippen molar-refractivity contribution in [3.05, 3.63) is 83.9 Å². The number of oxazole rings is 1. The van der Waals surface area contributed by atoms with E-state index in [1.807, 2.05) is 0 Å². The molecule has 12 nitrogen and oxygen atoms in total. The normalized spacial score (nSPS) is 11.2. The van der Waals surface area contributed by atoms with Gasteiger partial charge in [0.25, 0.3) is 16.9 Å². The molecule has 0 amide bonds. The van der Waals surface area contributed by atoms with E-state index in [1.54, 1.807) is 0 Å². The van der Waals surface area contributed by atoms with E-state index in [1.165, 1.54) is 51.9 Å². The summed E-state index contributed by atoms with van der Waals surface area (Å²) in [5.74, 6) is -0.662. The summed E-state index contributed by atoms with van der Waals surface area (Å²) < 4.78 is 7.64. The van der Waals surface area contributed by atoms with Crippen LogP contribution < -0.4 is 11.3 Å². The lowest BCUT2D eigenvalue weighted by molar-refractivity contribution is -0.384. The summed E-state index contributed by atoms with van der Waals surface area (Å²) in [5, 5.41) is 22.0. The lowest BCUT2D eigenvalue weighted by Gasteiger charge is -2.07. The lowest BCUT2D eigenvalue weighted by atomic mass is 10.2. The van der Waals surface area contributed by atoms with Crippen molar-refractivity contribution in [1.82, 2.24) is 14.1 Å². The van der Waals surface area contributed by atoms with E-state index in [4.69, 9.17) is 4.42 Å². The summed E-state index contributed by atoms with van der Waals surface area (Å²) in [6.07, 6.45) is 1.65. The summed E-state index contributed by atoms with van der Waals surface area (Å²) in [6, 6.07) is 7.71. The van der Waals surface area contributed by atoms with Gasteiger partial charge in [-0.3, -0.25) is 34.2 Å². The number of aryl methyl sites for hydroxylation is 2. The van der Waals surface area contributed by atoms with E-state index in [-0.39, 0.29) is 41.0 Å². The Balaban J connectivity index is 1.60. The topological polar surface area (TPSA) is 156 Å². The van der Waals surface area contributed by atoms with E-state index in [0.717, 1.165) is 0 Å². The third-order valence-electron chi connectivity index (χ3n) is 4.66. The monoisotopic (exact) mass is 411 g/mol. The van der Waals surface area contributed by atoms with E-state index in [9.17, 15) is 29.8 Å². The fourth-order valence-electron chi connectivity index (χ4n) is 3.19. The number of hydrogen-bond donors (Lipinski definition) is 0. The smallest absolute Gasteiger partial charge is 0.408 e. The van der Waals surface area contributed by atoms with Crippen LogP contribution >= 0.6 is 0 Å². The van der Waals surface area contributed by atoms with Crippen LogP contribution in [0.2, 0.25) is 0 Å². The van der Waals surface area contributed by atoms with Gasteiger partial charge >= 0.3 is 5.76 Å². The molecule has 2 heterocycles. The number of nitrogens with zero attached hydrogens (tertiary/aromatic N) is 5. The third-order valence-corrected chi connectivity index (χ3v) is 4.66. The molecular formula is C18H13N5O7. The van der Waals surface area contributed by atoms with Crippen molar-refractivity contribution in [3.63, 3.8) is 0 Å². The van der Waals surface area contributed by atoms with Crippen molar-refractivity contribution in [2.24, 2.45) is 0 Å². The Bertz CT molecular complexity index is 1430. The van der Waals surface area contributed by atoms with Gasteiger partial charge in [0.05, 0.1) is 32.6 Å². The first kappa shape index (κ1) is 19.0. The molecule has 4 aromatic rings. The average Bonchev–Trinajstić information content (AvgIpc) is 3.03. The second-order valence-electron chi connectivity index (χ2n) is 6.48. The Morgan fingerprint density at radius 1 is 0.967 bits per heavy atom. The van der Waals surface area contributed by atoms with Crippen LogP contribution in [0.5, 0.6) is 0 Å². The molecule has 0 radical (unpaired) electrons. The summed E-state index contributed by atoms with van der Waals surface area (Å²) in [4.78, 5) is 49.6. The molecule has 0 aliphatic carbocycles. The molecule has 0 atom stereocenters. The van der Waals surface area contributed by atoms with Crippen LogP contribution in [0.15, 0.2) is 56.7 Å². The first-order valence-corrected chi connectivity index (χ1v) is 8.76. The van der Waals surface area contributed by atoms with Gasteiger partial charge in [0.1, 0.15) is 0 Å². The summed E-state index contributed by atoms with van der Waals surface area (Å²) >= 11 is 0. The Hall–Kier alpha value is -4.35. The van der Waals surface area contributed by atoms with E-state index >= 15 is 0 Å². The van der Waals surface area contributed by atoms with Crippen molar-refractivity contribution in [3.8, 4) is 0 Å². The molecule has 0 spiro atoms. The quantitative estimate of drug-likeness (QED) is 0.345. The van der Waals surface area contributed by atoms with Crippen LogP contribution in [0.4, 0.5) is 11.4 Å². The number of rotatable bonds is 6. The summed E-state index contributed by atoms with van der Waals surface area (Å²) in [6.45, 7) is 0.324. The fourth-order valence-corrected chi connectivity index (χ4v) is 3.19. The molecule has 0 saturated heterocycles. The zero-order valence-corrected chi connectivity index (χ0v) is 15.3. The molecular weight excluding hydrogens is 398 g/mol. The second kappa shape index (κ2) is 7.24. The molecule has 0 fully saturated rings. The molecule has 0 aliphatic heterocycles. The van der Waals surface area contributed by atoms with Crippen molar-refractivity contribution in [2.45, 2.75) is 19.5 Å². The number of fused-ring (bicyclic) bond motifs is 2. The number of benzene rings is 2. The number of hydrogen-bond acceptors (Lipinski definition) is 8. The predicted molar refractivity (Wildman–Crippen MR) is 104 cm³/mol. The maximum atomic E-state index is 12.6. The standard InChI is InChI=1S/C18H13N5O7/c24-17-13-8-11(22(26)27)2-4-14(13)19-10-20(17)6-1-7-21-15-9-12(23(28)29)3-5-16(15)30-18(21)25/h2-5,8-10H,1,6-7H2. The minimum atomic E-state index is -0.662. The Kier molecular flexibility index (Phi) is 4.58. The van der Waals surface area contributed by atoms with Crippen molar-refractivity contribution >= 4 is 33.4 Å². The van der Waals surface area contributed by atoms with Gasteiger partial charge in [-0.25, -0.2) is 9.78 Å². The van der Waals surface area contributed by atoms with Crippen LogP contribution in [0.3, 0.4) is 0 Å². The van der Waals surface area contributed by atoms with Gasteiger partial charge in [-0.05, 0) is 18.6 Å². The number of nitro benzene ring substituents is 2. The van der Waals surface area contributed by atoms with Crippen molar-refractivity contribution in [1.29, 1.82) is 0 Å². The highest BCUT2D eigenvalue weighted by atomic mass is 16.6. The Morgan fingerprint density at radius 2 is 1.67 bits per heavy atom. The maximum Gasteiger partial charge on any atom is 0.419 e. The molecule has 2 aromatic heterocycles. The zero-order valence-electron chi connectivity index (χ0n) is 15.3. The highest BCUT2D eigenvalue weighted by Crippen LogP contribution is 2.20. The van der Waals surface area contributed by atoms with Gasteiger partial charge in [0.15, 0.2) is 5.58 Å². The second-order valence-corrected chi connectivity index (χ2v) is 6.48. The molecule has 152 valence electrons. The molecule has 0 saturated carbocycles. The minimum Gasteiger partial charge on any atom is -0.408 e. The van der Waals surface area contributed by atoms with Crippen molar-refractivity contribution < 1.29 is 14.3 Å². The molecule has 0 aliphatic rings. The van der Waals surface area contributed by atoms with E-state index < -0.39 is 21.2 Å². The molecule has 2 aromatic carbocycles. The van der Waals surface area contributed by atoms with Crippen LogP contribution in [-0.4, -0.2) is 24.0 Å². The predicted octanol–water partition coefficient (Wildman–Crippen LogP) is 2.21. The molecule has 0 bridgehead atoms. The minimum absolute atomic E-state index is 0.119. The number of aromatic nitrogens is 3. The molecule has 0 N–H and O–H groups in total. The van der Waals surface area contributed by atoms with Crippen molar-refractivity contribution in [2.75, 3.05) is 0 Å². The van der Waals surface area contributed by atoms with E-state index in [2.05, 4.69) is 4.98 Å². The first-order chi connectivity index (χ1) is 14.3. The summed E-state index contributed by atoms with van der Waals surface area (Å²) in [7, 11) is 0. The van der Waals surface area contributed by atoms with Crippen LogP contribution in [0, 0.1) is 20.2 Å². The van der Waals surface area contributed by atoms with Gasteiger partial charge in [-0.1, -0.05) is 0 Å². The molecule has 0 unspecified atom stereocenters. The Morgan fingerprint density at radius 3 is 2.40 bits per heavy atom. The Labute approximate surface area is 165 Å². The first-order valence-electron chi connectivity index (χ1n) is 8.76. The molecule has 30 heavy (non-hydrogen) atoms. The van der Waals surface area contributed by atoms with Gasteiger partial charge in [-0.15, -0.1) is 0 Å². The van der Waals surface area contributed by atoms with Crippen LogP contribution in [0.25, 0.3) is 22.0 Å². The molecule has 12 heteroatoms. The lowest BCUT2D eigenvalue weighted by Crippen LogP contribution is -2.22. The van der Waals surface area contributed by atoms with Gasteiger partial charge in [0, 0.05) is 37.4 Å². The fraction of sp³-hybridized carbons (Fsp3) is 0.167. The van der Waals surface area contributed by atoms with Crippen LogP contribution in [0.1, 0.15) is 6.42 Å². The van der Waals surface area contributed by atoms with E-state index in [0.29, 0.717) is 11.9 Å². The zero-order chi connectivity index (χ0) is 21.4. The van der Waals surface area contributed by atoms with Crippen LogP contribution in [-0.2, 0) is 13.1 Å². The highest BCUT2D eigenvalue weighted by Gasteiger charge is 2.15. The third kappa shape index (κ3) is 3.30. The average molecular weight is 411 g/mol.